The Balaban J connectivity index is 0.00000363. The smallest absolute Gasteiger partial charge is 0.191 e. The van der Waals surface area contributed by atoms with Gasteiger partial charge in [-0.2, -0.15) is 0 Å². The molecule has 0 amide bonds. The molecule has 0 bridgehead atoms. The highest BCUT2D eigenvalue weighted by Crippen LogP contribution is 2.19. The van der Waals surface area contributed by atoms with Crippen LogP contribution in [-0.4, -0.2) is 57.8 Å². The fourth-order valence-corrected chi connectivity index (χ4v) is 5.42. The largest absolute Gasteiger partial charge is 0.356 e. The zero-order chi connectivity index (χ0) is 21.9. The van der Waals surface area contributed by atoms with E-state index >= 15 is 0 Å². The third-order valence-corrected chi connectivity index (χ3v) is 7.29. The SMILES string of the molecule is CN=C(NCCCS(=O)(=O)Cc1ccccc1)NCC1CCCN1Cc1ccccc1.I. The minimum absolute atomic E-state index is 0. The number of hydrogen-bond acceptors (Lipinski definition) is 4. The van der Waals surface area contributed by atoms with Crippen LogP contribution < -0.4 is 10.6 Å². The Bertz CT molecular complexity index is 924. The highest BCUT2D eigenvalue weighted by molar-refractivity contribution is 14.0. The van der Waals surface area contributed by atoms with E-state index in [1.54, 1.807) is 7.05 Å². The molecule has 0 spiro atoms. The van der Waals surface area contributed by atoms with E-state index in [4.69, 9.17) is 0 Å². The number of likely N-dealkylation sites (tertiary alicyclic amines) is 1. The molecule has 1 aliphatic heterocycles. The molecular weight excluding hydrogens is 535 g/mol. The molecule has 0 aliphatic carbocycles. The van der Waals surface area contributed by atoms with Gasteiger partial charge in [0.25, 0.3) is 0 Å². The van der Waals surface area contributed by atoms with Crippen molar-refractivity contribution >= 4 is 39.8 Å². The maximum atomic E-state index is 12.3. The lowest BCUT2D eigenvalue weighted by Gasteiger charge is -2.25. The fourth-order valence-electron chi connectivity index (χ4n) is 3.99. The van der Waals surface area contributed by atoms with Gasteiger partial charge in [-0.1, -0.05) is 60.7 Å². The summed E-state index contributed by atoms with van der Waals surface area (Å²) in [4.78, 5) is 6.81. The van der Waals surface area contributed by atoms with Gasteiger partial charge in [0.15, 0.2) is 15.8 Å². The summed E-state index contributed by atoms with van der Waals surface area (Å²) in [6.07, 6.45) is 2.94. The van der Waals surface area contributed by atoms with Crippen LogP contribution in [-0.2, 0) is 22.1 Å². The first-order valence-electron chi connectivity index (χ1n) is 11.0. The Hall–Kier alpha value is -1.65. The molecule has 2 aromatic rings. The van der Waals surface area contributed by atoms with Gasteiger partial charge in [-0.15, -0.1) is 24.0 Å². The summed E-state index contributed by atoms with van der Waals surface area (Å²) < 4.78 is 24.6. The summed E-state index contributed by atoms with van der Waals surface area (Å²) in [7, 11) is -1.36. The third kappa shape index (κ3) is 9.07. The monoisotopic (exact) mass is 570 g/mol. The number of benzene rings is 2. The molecule has 2 aromatic carbocycles. The number of aliphatic imine (C=N–C) groups is 1. The lowest BCUT2D eigenvalue weighted by atomic mass is 10.2. The van der Waals surface area contributed by atoms with Gasteiger partial charge in [-0.3, -0.25) is 9.89 Å². The second-order valence-electron chi connectivity index (χ2n) is 8.06. The molecule has 3 rings (SSSR count). The lowest BCUT2D eigenvalue weighted by Crippen LogP contribution is -2.45. The Morgan fingerprint density at radius 2 is 1.69 bits per heavy atom. The van der Waals surface area contributed by atoms with Crippen LogP contribution in [0.1, 0.15) is 30.4 Å². The molecule has 1 unspecified atom stereocenters. The van der Waals surface area contributed by atoms with E-state index in [2.05, 4.69) is 50.9 Å². The van der Waals surface area contributed by atoms with E-state index in [0.717, 1.165) is 31.2 Å². The van der Waals surface area contributed by atoms with Crippen molar-refractivity contribution in [1.82, 2.24) is 15.5 Å². The average Bonchev–Trinajstić information content (AvgIpc) is 3.21. The maximum Gasteiger partial charge on any atom is 0.191 e. The molecule has 0 aromatic heterocycles. The molecule has 1 aliphatic rings. The third-order valence-electron chi connectivity index (χ3n) is 5.61. The van der Waals surface area contributed by atoms with E-state index in [1.807, 2.05) is 30.3 Å². The minimum atomic E-state index is -3.11. The standard InChI is InChI=1S/C24H34N4O2S.HI/c1-25-24(26-15-9-17-31(29,30)20-22-12-6-3-7-13-22)27-18-23-14-8-16-28(23)19-21-10-4-2-5-11-21;/h2-7,10-13,23H,8-9,14-20H2,1H3,(H2,25,26,27);1H. The molecule has 1 heterocycles. The van der Waals surface area contributed by atoms with Crippen LogP contribution in [0.5, 0.6) is 0 Å². The van der Waals surface area contributed by atoms with Crippen LogP contribution >= 0.6 is 24.0 Å². The highest BCUT2D eigenvalue weighted by Gasteiger charge is 2.24. The van der Waals surface area contributed by atoms with Crippen molar-refractivity contribution in [3.8, 4) is 0 Å². The van der Waals surface area contributed by atoms with E-state index in [0.29, 0.717) is 19.0 Å². The Morgan fingerprint density at radius 3 is 2.34 bits per heavy atom. The quantitative estimate of drug-likeness (QED) is 0.198. The van der Waals surface area contributed by atoms with Crippen LogP contribution in [0.3, 0.4) is 0 Å². The summed E-state index contributed by atoms with van der Waals surface area (Å²) in [5.74, 6) is 0.992. The molecule has 8 heteroatoms. The Morgan fingerprint density at radius 1 is 1.03 bits per heavy atom. The van der Waals surface area contributed by atoms with Crippen molar-refractivity contribution < 1.29 is 8.42 Å². The van der Waals surface area contributed by atoms with E-state index in [9.17, 15) is 8.42 Å². The number of sulfone groups is 1. The predicted molar refractivity (Wildman–Crippen MR) is 143 cm³/mol. The second-order valence-corrected chi connectivity index (χ2v) is 10.2. The van der Waals surface area contributed by atoms with Gasteiger partial charge in [-0.05, 0) is 36.9 Å². The number of rotatable bonds is 10. The predicted octanol–water partition coefficient (Wildman–Crippen LogP) is 3.44. The topological polar surface area (TPSA) is 73.8 Å². The second kappa shape index (κ2) is 13.8. The van der Waals surface area contributed by atoms with Gasteiger partial charge in [0.05, 0.1) is 11.5 Å². The Kier molecular flexibility index (Phi) is 11.5. The van der Waals surface area contributed by atoms with Crippen molar-refractivity contribution in [2.45, 2.75) is 37.6 Å². The summed E-state index contributed by atoms with van der Waals surface area (Å²) in [5.41, 5.74) is 2.18. The molecule has 1 saturated heterocycles. The van der Waals surface area contributed by atoms with Crippen molar-refractivity contribution in [1.29, 1.82) is 0 Å². The molecular formula is C24H35IN4O2S. The summed E-state index contributed by atoms with van der Waals surface area (Å²) in [6.45, 7) is 3.50. The number of halogens is 1. The van der Waals surface area contributed by atoms with E-state index in [-0.39, 0.29) is 35.5 Å². The van der Waals surface area contributed by atoms with Crippen LogP contribution in [0.15, 0.2) is 65.7 Å². The molecule has 6 nitrogen and oxygen atoms in total. The molecule has 0 radical (unpaired) electrons. The van der Waals surface area contributed by atoms with Gasteiger partial charge in [0.2, 0.25) is 0 Å². The van der Waals surface area contributed by atoms with Gasteiger partial charge in [0, 0.05) is 32.7 Å². The highest BCUT2D eigenvalue weighted by atomic mass is 127. The molecule has 176 valence electrons. The van der Waals surface area contributed by atoms with Crippen LogP contribution in [0.4, 0.5) is 0 Å². The van der Waals surface area contributed by atoms with Crippen LogP contribution in [0.25, 0.3) is 0 Å². The van der Waals surface area contributed by atoms with Gasteiger partial charge in [-0.25, -0.2) is 8.42 Å². The first-order valence-corrected chi connectivity index (χ1v) is 12.8. The van der Waals surface area contributed by atoms with Gasteiger partial charge >= 0.3 is 0 Å². The van der Waals surface area contributed by atoms with Gasteiger partial charge < -0.3 is 10.6 Å². The van der Waals surface area contributed by atoms with Gasteiger partial charge in [0.1, 0.15) is 0 Å². The molecule has 0 saturated carbocycles. The first-order chi connectivity index (χ1) is 15.1. The average molecular weight is 571 g/mol. The van der Waals surface area contributed by atoms with Crippen LogP contribution in [0.2, 0.25) is 0 Å². The fraction of sp³-hybridized carbons (Fsp3) is 0.458. The first kappa shape index (κ1) is 26.6. The van der Waals surface area contributed by atoms with E-state index < -0.39 is 9.84 Å². The van der Waals surface area contributed by atoms with Crippen molar-refractivity contribution in [2.75, 3.05) is 32.4 Å². The molecule has 1 fully saturated rings. The molecule has 2 N–H and O–H groups in total. The summed E-state index contributed by atoms with van der Waals surface area (Å²) >= 11 is 0. The number of nitrogens with zero attached hydrogens (tertiary/aromatic N) is 2. The molecule has 1 atom stereocenters. The van der Waals surface area contributed by atoms with Crippen molar-refractivity contribution in [2.24, 2.45) is 4.99 Å². The van der Waals surface area contributed by atoms with Crippen molar-refractivity contribution in [3.05, 3.63) is 71.8 Å². The minimum Gasteiger partial charge on any atom is -0.356 e. The normalized spacial score (nSPS) is 17.0. The van der Waals surface area contributed by atoms with Crippen LogP contribution in [0, 0.1) is 0 Å². The number of nitrogens with one attached hydrogen (secondary N) is 2. The zero-order valence-electron chi connectivity index (χ0n) is 18.7. The Labute approximate surface area is 209 Å². The summed E-state index contributed by atoms with van der Waals surface area (Å²) in [5, 5.41) is 6.66. The number of guanidine groups is 1. The van der Waals surface area contributed by atoms with E-state index in [1.165, 1.54) is 18.4 Å². The number of hydrogen-bond donors (Lipinski definition) is 2. The lowest BCUT2D eigenvalue weighted by molar-refractivity contribution is 0.245. The van der Waals surface area contributed by atoms with Crippen molar-refractivity contribution in [3.63, 3.8) is 0 Å². The maximum absolute atomic E-state index is 12.3. The summed E-state index contributed by atoms with van der Waals surface area (Å²) in [6, 6.07) is 20.4. The molecule has 32 heavy (non-hydrogen) atoms. The zero-order valence-corrected chi connectivity index (χ0v) is 21.9.